The second kappa shape index (κ2) is 6.26. The summed E-state index contributed by atoms with van der Waals surface area (Å²) < 4.78 is 37.4. The second-order valence-electron chi connectivity index (χ2n) is 4.98. The number of rotatable bonds is 4. The molecule has 0 aliphatic heterocycles. The maximum absolute atomic E-state index is 12.5. The lowest BCUT2D eigenvalue weighted by Crippen LogP contribution is -2.41. The lowest BCUT2D eigenvalue weighted by molar-refractivity contribution is -0.137. The Hall–Kier alpha value is -1.56. The molecule has 0 spiro atoms. The van der Waals surface area contributed by atoms with E-state index in [9.17, 15) is 23.1 Å². The van der Waals surface area contributed by atoms with Crippen LogP contribution in [0.15, 0.2) is 24.3 Å². The van der Waals surface area contributed by atoms with Crippen LogP contribution in [0.4, 0.5) is 13.2 Å². The van der Waals surface area contributed by atoms with E-state index in [0.717, 1.165) is 24.3 Å². The van der Waals surface area contributed by atoms with Crippen molar-refractivity contribution in [3.05, 3.63) is 35.4 Å². The zero-order chi connectivity index (χ0) is 15.5. The van der Waals surface area contributed by atoms with Gasteiger partial charge in [-0.15, -0.1) is 0 Å². The van der Waals surface area contributed by atoms with Crippen molar-refractivity contribution in [1.29, 1.82) is 0 Å². The first kappa shape index (κ1) is 16.5. The number of alkyl halides is 3. The summed E-state index contributed by atoms with van der Waals surface area (Å²) in [6.07, 6.45) is -5.12. The molecule has 1 amide bonds. The quantitative estimate of drug-likeness (QED) is 0.926. The number of carbonyl (C=O) groups excluding carboxylic acids is 1. The SMILES string of the molecule is CC(O)CN(C(=O)c1ccc(C(F)(F)F)cc1)C(C)C. The Bertz CT molecular complexity index is 452. The molecule has 3 nitrogen and oxygen atoms in total. The van der Waals surface area contributed by atoms with Gasteiger partial charge in [-0.3, -0.25) is 4.79 Å². The van der Waals surface area contributed by atoms with Crippen molar-refractivity contribution in [2.45, 2.75) is 39.1 Å². The molecule has 0 aliphatic rings. The van der Waals surface area contributed by atoms with Crippen LogP contribution in [-0.4, -0.2) is 34.6 Å². The van der Waals surface area contributed by atoms with E-state index in [0.29, 0.717) is 0 Å². The molecule has 0 saturated heterocycles. The first-order valence-corrected chi connectivity index (χ1v) is 6.29. The van der Waals surface area contributed by atoms with Crippen molar-refractivity contribution in [3.63, 3.8) is 0 Å². The summed E-state index contributed by atoms with van der Waals surface area (Å²) in [5.74, 6) is -0.394. The number of aliphatic hydroxyl groups is 1. The molecule has 1 N–H and O–H groups in total. The summed E-state index contributed by atoms with van der Waals surface area (Å²) in [5, 5.41) is 9.38. The van der Waals surface area contributed by atoms with Gasteiger partial charge < -0.3 is 10.0 Å². The molecule has 112 valence electrons. The summed E-state index contributed by atoms with van der Waals surface area (Å²) >= 11 is 0. The molecule has 0 radical (unpaired) electrons. The predicted octanol–water partition coefficient (Wildman–Crippen LogP) is 2.94. The number of aliphatic hydroxyl groups excluding tert-OH is 1. The molecular weight excluding hydrogens is 271 g/mol. The fourth-order valence-corrected chi connectivity index (χ4v) is 1.78. The third kappa shape index (κ3) is 4.23. The number of amides is 1. The van der Waals surface area contributed by atoms with Crippen molar-refractivity contribution >= 4 is 5.91 Å². The topological polar surface area (TPSA) is 40.5 Å². The van der Waals surface area contributed by atoms with Crippen LogP contribution in [0.2, 0.25) is 0 Å². The van der Waals surface area contributed by atoms with Gasteiger partial charge in [0.05, 0.1) is 11.7 Å². The van der Waals surface area contributed by atoms with Gasteiger partial charge in [-0.1, -0.05) is 0 Å². The van der Waals surface area contributed by atoms with E-state index in [-0.39, 0.29) is 18.2 Å². The highest BCUT2D eigenvalue weighted by Crippen LogP contribution is 2.29. The Morgan fingerprint density at radius 3 is 2.05 bits per heavy atom. The maximum Gasteiger partial charge on any atom is 0.416 e. The molecule has 0 heterocycles. The molecule has 1 unspecified atom stereocenters. The lowest BCUT2D eigenvalue weighted by atomic mass is 10.1. The van der Waals surface area contributed by atoms with Crippen molar-refractivity contribution in [2.75, 3.05) is 6.54 Å². The van der Waals surface area contributed by atoms with Crippen molar-refractivity contribution < 1.29 is 23.1 Å². The summed E-state index contributed by atoms with van der Waals surface area (Å²) in [6, 6.07) is 3.92. The van der Waals surface area contributed by atoms with Gasteiger partial charge in [-0.25, -0.2) is 0 Å². The molecule has 0 aliphatic carbocycles. The van der Waals surface area contributed by atoms with E-state index < -0.39 is 23.8 Å². The van der Waals surface area contributed by atoms with E-state index in [2.05, 4.69) is 0 Å². The lowest BCUT2D eigenvalue weighted by Gasteiger charge is -2.28. The molecule has 0 fully saturated rings. The highest BCUT2D eigenvalue weighted by Gasteiger charge is 2.30. The molecule has 1 aromatic carbocycles. The number of hydrogen-bond acceptors (Lipinski definition) is 2. The molecule has 1 rings (SSSR count). The largest absolute Gasteiger partial charge is 0.416 e. The third-order valence-corrected chi connectivity index (χ3v) is 2.80. The molecular formula is C14H18F3NO2. The summed E-state index contributed by atoms with van der Waals surface area (Å²) in [5.41, 5.74) is -0.618. The van der Waals surface area contributed by atoms with Crippen LogP contribution in [0.1, 0.15) is 36.7 Å². The minimum Gasteiger partial charge on any atom is -0.392 e. The van der Waals surface area contributed by atoms with Crippen LogP contribution in [-0.2, 0) is 6.18 Å². The predicted molar refractivity (Wildman–Crippen MR) is 69.3 cm³/mol. The van der Waals surface area contributed by atoms with Crippen LogP contribution in [0.5, 0.6) is 0 Å². The smallest absolute Gasteiger partial charge is 0.392 e. The Morgan fingerprint density at radius 2 is 1.70 bits per heavy atom. The molecule has 0 aromatic heterocycles. The number of carbonyl (C=O) groups is 1. The Labute approximate surface area is 116 Å². The van der Waals surface area contributed by atoms with E-state index >= 15 is 0 Å². The minimum atomic E-state index is -4.42. The zero-order valence-corrected chi connectivity index (χ0v) is 11.6. The molecule has 20 heavy (non-hydrogen) atoms. The van der Waals surface area contributed by atoms with Crippen LogP contribution in [0, 0.1) is 0 Å². The molecule has 6 heteroatoms. The van der Waals surface area contributed by atoms with Gasteiger partial charge in [0.25, 0.3) is 5.91 Å². The number of benzene rings is 1. The van der Waals surface area contributed by atoms with E-state index in [1.165, 1.54) is 4.90 Å². The Morgan fingerprint density at radius 1 is 1.20 bits per heavy atom. The normalized spacial score (nSPS) is 13.4. The zero-order valence-electron chi connectivity index (χ0n) is 11.6. The van der Waals surface area contributed by atoms with Gasteiger partial charge in [0.1, 0.15) is 0 Å². The highest BCUT2D eigenvalue weighted by molar-refractivity contribution is 5.94. The standard InChI is InChI=1S/C14H18F3NO2/c1-9(2)18(8-10(3)19)13(20)11-4-6-12(7-5-11)14(15,16)17/h4-7,9-10,19H,8H2,1-3H3. The Kier molecular flexibility index (Phi) is 5.16. The van der Waals surface area contributed by atoms with Gasteiger partial charge in [-0.2, -0.15) is 13.2 Å². The van der Waals surface area contributed by atoms with E-state index in [1.54, 1.807) is 20.8 Å². The second-order valence-corrected chi connectivity index (χ2v) is 4.98. The number of hydrogen-bond donors (Lipinski definition) is 1. The fraction of sp³-hybridized carbons (Fsp3) is 0.500. The Balaban J connectivity index is 2.95. The summed E-state index contributed by atoms with van der Waals surface area (Å²) in [7, 11) is 0. The van der Waals surface area contributed by atoms with Crippen molar-refractivity contribution in [2.24, 2.45) is 0 Å². The molecule has 0 bridgehead atoms. The van der Waals surface area contributed by atoms with Gasteiger partial charge in [-0.05, 0) is 45.0 Å². The van der Waals surface area contributed by atoms with Gasteiger partial charge in [0.2, 0.25) is 0 Å². The average molecular weight is 289 g/mol. The first-order valence-electron chi connectivity index (χ1n) is 6.29. The van der Waals surface area contributed by atoms with Crippen molar-refractivity contribution in [3.8, 4) is 0 Å². The molecule has 1 aromatic rings. The van der Waals surface area contributed by atoms with E-state index in [4.69, 9.17) is 0 Å². The maximum atomic E-state index is 12.5. The fourth-order valence-electron chi connectivity index (χ4n) is 1.78. The number of halogens is 3. The van der Waals surface area contributed by atoms with Crippen LogP contribution in [0.3, 0.4) is 0 Å². The third-order valence-electron chi connectivity index (χ3n) is 2.80. The molecule has 0 saturated carbocycles. The van der Waals surface area contributed by atoms with E-state index in [1.807, 2.05) is 0 Å². The van der Waals surface area contributed by atoms with Crippen LogP contribution in [0.25, 0.3) is 0 Å². The summed E-state index contributed by atoms with van der Waals surface area (Å²) in [4.78, 5) is 13.6. The number of nitrogens with zero attached hydrogens (tertiary/aromatic N) is 1. The average Bonchev–Trinajstić information content (AvgIpc) is 2.33. The van der Waals surface area contributed by atoms with Gasteiger partial charge >= 0.3 is 6.18 Å². The van der Waals surface area contributed by atoms with Crippen LogP contribution >= 0.6 is 0 Å². The monoisotopic (exact) mass is 289 g/mol. The minimum absolute atomic E-state index is 0.136. The first-order chi connectivity index (χ1) is 9.12. The summed E-state index contributed by atoms with van der Waals surface area (Å²) in [6.45, 7) is 5.25. The van der Waals surface area contributed by atoms with Crippen molar-refractivity contribution in [1.82, 2.24) is 4.90 Å². The van der Waals surface area contributed by atoms with Crippen LogP contribution < -0.4 is 0 Å². The molecule has 1 atom stereocenters. The van der Waals surface area contributed by atoms with Gasteiger partial charge in [0, 0.05) is 18.2 Å². The highest BCUT2D eigenvalue weighted by atomic mass is 19.4. The van der Waals surface area contributed by atoms with Gasteiger partial charge in [0.15, 0.2) is 0 Å².